The van der Waals surface area contributed by atoms with Gasteiger partial charge in [0.25, 0.3) is 0 Å². The zero-order chi connectivity index (χ0) is 15.9. The molecule has 0 bridgehead atoms. The second-order valence-corrected chi connectivity index (χ2v) is 5.55. The van der Waals surface area contributed by atoms with Crippen LogP contribution in [0.4, 0.5) is 0 Å². The molecule has 2 aromatic carbocycles. The molecule has 2 aromatic rings. The number of benzene rings is 2. The van der Waals surface area contributed by atoms with E-state index in [-0.39, 0.29) is 11.9 Å². The molecule has 0 aromatic heterocycles. The van der Waals surface area contributed by atoms with Crippen LogP contribution in [-0.2, 0) is 9.53 Å². The number of carbonyl (C=O) groups is 1. The maximum atomic E-state index is 12.4. The first-order chi connectivity index (χ1) is 10.6. The Balaban J connectivity index is 2.25. The Bertz CT molecular complexity index is 543. The summed E-state index contributed by atoms with van der Waals surface area (Å²) in [4.78, 5) is 12.4. The van der Waals surface area contributed by atoms with Crippen molar-refractivity contribution in [2.24, 2.45) is 11.7 Å². The van der Waals surface area contributed by atoms with Gasteiger partial charge in [0.15, 0.2) is 6.10 Å². The van der Waals surface area contributed by atoms with Gasteiger partial charge in [0.1, 0.15) is 6.04 Å². The first-order valence-corrected chi connectivity index (χ1v) is 7.69. The van der Waals surface area contributed by atoms with Gasteiger partial charge in [0.05, 0.1) is 0 Å². The van der Waals surface area contributed by atoms with Crippen LogP contribution in [-0.4, -0.2) is 12.0 Å². The molecule has 0 aliphatic rings. The maximum Gasteiger partial charge on any atom is 0.324 e. The first kappa shape index (κ1) is 16.2. The van der Waals surface area contributed by atoms with Crippen LogP contribution >= 0.6 is 0 Å². The van der Waals surface area contributed by atoms with Crippen LogP contribution in [0.25, 0.3) is 0 Å². The molecule has 0 amide bonds. The average molecular weight is 297 g/mol. The van der Waals surface area contributed by atoms with Gasteiger partial charge in [-0.2, -0.15) is 0 Å². The fourth-order valence-corrected chi connectivity index (χ4v) is 2.27. The average Bonchev–Trinajstić information content (AvgIpc) is 2.59. The van der Waals surface area contributed by atoms with Gasteiger partial charge in [-0.25, -0.2) is 0 Å². The lowest BCUT2D eigenvalue weighted by Crippen LogP contribution is -2.38. The van der Waals surface area contributed by atoms with Crippen molar-refractivity contribution in [3.05, 3.63) is 71.8 Å². The van der Waals surface area contributed by atoms with Gasteiger partial charge in [0.2, 0.25) is 0 Å². The van der Waals surface area contributed by atoms with Crippen LogP contribution in [0.1, 0.15) is 37.5 Å². The summed E-state index contributed by atoms with van der Waals surface area (Å²) in [6.07, 6.45) is 0.419. The minimum Gasteiger partial charge on any atom is -0.451 e. The topological polar surface area (TPSA) is 52.3 Å². The highest BCUT2D eigenvalue weighted by Crippen LogP contribution is 2.26. The lowest BCUT2D eigenvalue weighted by atomic mass is 9.99. The molecule has 0 spiro atoms. The molecule has 0 aliphatic carbocycles. The number of nitrogens with two attached hydrogens (primary N) is 1. The minimum absolute atomic E-state index is 0.0969. The molecule has 3 heteroatoms. The van der Waals surface area contributed by atoms with Crippen LogP contribution in [0.3, 0.4) is 0 Å². The molecule has 2 rings (SSSR count). The molecule has 0 radical (unpaired) electrons. The van der Waals surface area contributed by atoms with E-state index < -0.39 is 12.1 Å². The molecular formula is C19H23NO2. The zero-order valence-electron chi connectivity index (χ0n) is 13.1. The van der Waals surface area contributed by atoms with Gasteiger partial charge in [-0.1, -0.05) is 80.9 Å². The van der Waals surface area contributed by atoms with Crippen molar-refractivity contribution < 1.29 is 9.53 Å². The van der Waals surface area contributed by atoms with Crippen molar-refractivity contribution in [3.8, 4) is 0 Å². The summed E-state index contributed by atoms with van der Waals surface area (Å²) >= 11 is 0. The SMILES string of the molecule is CCC(C)C(N)C(=O)OC(c1ccccc1)c1ccccc1. The van der Waals surface area contributed by atoms with E-state index in [9.17, 15) is 4.79 Å². The van der Waals surface area contributed by atoms with Crippen molar-refractivity contribution in [2.45, 2.75) is 32.4 Å². The molecular weight excluding hydrogens is 274 g/mol. The molecule has 22 heavy (non-hydrogen) atoms. The van der Waals surface area contributed by atoms with Crippen molar-refractivity contribution in [1.29, 1.82) is 0 Å². The summed E-state index contributed by atoms with van der Waals surface area (Å²) in [7, 11) is 0. The first-order valence-electron chi connectivity index (χ1n) is 7.69. The normalized spacial score (nSPS) is 13.6. The fraction of sp³-hybridized carbons (Fsp3) is 0.316. The van der Waals surface area contributed by atoms with Gasteiger partial charge in [-0.05, 0) is 17.0 Å². The van der Waals surface area contributed by atoms with Gasteiger partial charge < -0.3 is 10.5 Å². The minimum atomic E-state index is -0.597. The summed E-state index contributed by atoms with van der Waals surface area (Å²) in [5, 5.41) is 0. The second kappa shape index (κ2) is 7.76. The van der Waals surface area contributed by atoms with Crippen LogP contribution < -0.4 is 5.73 Å². The van der Waals surface area contributed by atoms with E-state index in [1.165, 1.54) is 0 Å². The Kier molecular flexibility index (Phi) is 5.73. The molecule has 2 unspecified atom stereocenters. The van der Waals surface area contributed by atoms with Crippen molar-refractivity contribution in [3.63, 3.8) is 0 Å². The summed E-state index contributed by atoms with van der Waals surface area (Å²) in [6.45, 7) is 3.98. The van der Waals surface area contributed by atoms with Gasteiger partial charge in [-0.15, -0.1) is 0 Å². The summed E-state index contributed by atoms with van der Waals surface area (Å²) in [5.74, 6) is -0.258. The molecule has 0 saturated carbocycles. The fourth-order valence-electron chi connectivity index (χ4n) is 2.27. The number of esters is 1. The van der Waals surface area contributed by atoms with Gasteiger partial charge >= 0.3 is 5.97 Å². The van der Waals surface area contributed by atoms with Crippen LogP contribution in [0.5, 0.6) is 0 Å². The Hall–Kier alpha value is -2.13. The highest BCUT2D eigenvalue weighted by Gasteiger charge is 2.25. The number of rotatable bonds is 6. The molecule has 0 fully saturated rings. The van der Waals surface area contributed by atoms with E-state index in [1.807, 2.05) is 74.5 Å². The third-order valence-corrected chi connectivity index (χ3v) is 3.97. The zero-order valence-corrected chi connectivity index (χ0v) is 13.1. The van der Waals surface area contributed by atoms with E-state index in [2.05, 4.69) is 0 Å². The molecule has 0 saturated heterocycles. The summed E-state index contributed by atoms with van der Waals surface area (Å²) < 4.78 is 5.74. The largest absolute Gasteiger partial charge is 0.451 e. The second-order valence-electron chi connectivity index (χ2n) is 5.55. The summed E-state index contributed by atoms with van der Waals surface area (Å²) in [5.41, 5.74) is 7.89. The van der Waals surface area contributed by atoms with Crippen molar-refractivity contribution in [1.82, 2.24) is 0 Å². The summed E-state index contributed by atoms with van der Waals surface area (Å²) in [6, 6.07) is 18.9. The Morgan fingerprint density at radius 3 is 1.86 bits per heavy atom. The Labute approximate surface area is 132 Å². The Morgan fingerprint density at radius 2 is 1.45 bits per heavy atom. The number of ether oxygens (including phenoxy) is 1. The molecule has 2 N–H and O–H groups in total. The maximum absolute atomic E-state index is 12.4. The van der Waals surface area contributed by atoms with Crippen LogP contribution in [0, 0.1) is 5.92 Å². The molecule has 0 heterocycles. The van der Waals surface area contributed by atoms with E-state index >= 15 is 0 Å². The monoisotopic (exact) mass is 297 g/mol. The number of hydrogen-bond donors (Lipinski definition) is 1. The predicted octanol–water partition coefficient (Wildman–Crippen LogP) is 3.69. The predicted molar refractivity (Wildman–Crippen MR) is 88.2 cm³/mol. The smallest absolute Gasteiger partial charge is 0.324 e. The molecule has 116 valence electrons. The standard InChI is InChI=1S/C19H23NO2/c1-3-14(2)17(20)19(21)22-18(15-10-6-4-7-11-15)16-12-8-5-9-13-16/h4-14,17-18H,3,20H2,1-2H3. The quantitative estimate of drug-likeness (QED) is 0.827. The van der Waals surface area contributed by atoms with Crippen LogP contribution in [0.2, 0.25) is 0 Å². The number of carbonyl (C=O) groups excluding carboxylic acids is 1. The Morgan fingerprint density at radius 1 is 1.00 bits per heavy atom. The van der Waals surface area contributed by atoms with E-state index in [4.69, 9.17) is 10.5 Å². The lowest BCUT2D eigenvalue weighted by Gasteiger charge is -2.23. The van der Waals surface area contributed by atoms with Gasteiger partial charge in [0, 0.05) is 0 Å². The third-order valence-electron chi connectivity index (χ3n) is 3.97. The highest BCUT2D eigenvalue weighted by atomic mass is 16.5. The highest BCUT2D eigenvalue weighted by molar-refractivity contribution is 5.76. The van der Waals surface area contributed by atoms with E-state index in [1.54, 1.807) is 0 Å². The third kappa shape index (κ3) is 3.95. The van der Waals surface area contributed by atoms with Crippen LogP contribution in [0.15, 0.2) is 60.7 Å². The van der Waals surface area contributed by atoms with E-state index in [0.717, 1.165) is 17.5 Å². The van der Waals surface area contributed by atoms with E-state index in [0.29, 0.717) is 0 Å². The molecule has 0 aliphatic heterocycles. The van der Waals surface area contributed by atoms with Gasteiger partial charge in [-0.3, -0.25) is 4.79 Å². The van der Waals surface area contributed by atoms with Crippen molar-refractivity contribution >= 4 is 5.97 Å². The number of hydrogen-bond acceptors (Lipinski definition) is 3. The lowest BCUT2D eigenvalue weighted by molar-refractivity contribution is -0.150. The van der Waals surface area contributed by atoms with Crippen molar-refractivity contribution in [2.75, 3.05) is 0 Å². The molecule has 2 atom stereocenters. The molecule has 3 nitrogen and oxygen atoms in total.